The van der Waals surface area contributed by atoms with Gasteiger partial charge in [-0.1, -0.05) is 0 Å². The number of esters is 1. The fourth-order valence-corrected chi connectivity index (χ4v) is 2.98. The van der Waals surface area contributed by atoms with Gasteiger partial charge < -0.3 is 14.9 Å². The molecule has 0 aliphatic rings. The van der Waals surface area contributed by atoms with Gasteiger partial charge in [0, 0.05) is 29.2 Å². The highest BCUT2D eigenvalue weighted by Gasteiger charge is 2.21. The van der Waals surface area contributed by atoms with Crippen LogP contribution < -0.4 is 5.73 Å². The van der Waals surface area contributed by atoms with Crippen molar-refractivity contribution in [2.24, 2.45) is 0 Å². The lowest BCUT2D eigenvalue weighted by Crippen LogP contribution is -2.12. The Morgan fingerprint density at radius 3 is 2.52 bits per heavy atom. The van der Waals surface area contributed by atoms with Crippen molar-refractivity contribution in [3.05, 3.63) is 65.7 Å². The number of nitrogens with two attached hydrogens (primary N) is 1. The molecule has 9 heteroatoms. The second kappa shape index (κ2) is 6.93. The summed E-state index contributed by atoms with van der Waals surface area (Å²) in [5.74, 6) is -2.96. The highest BCUT2D eigenvalue weighted by Crippen LogP contribution is 2.32. The monoisotopic (exact) mass is 395 g/mol. The fraction of sp³-hybridized carbons (Fsp3) is 0.100. The van der Waals surface area contributed by atoms with Gasteiger partial charge in [-0.25, -0.2) is 28.5 Å². The van der Waals surface area contributed by atoms with Crippen molar-refractivity contribution in [3.63, 3.8) is 0 Å². The van der Waals surface area contributed by atoms with Crippen LogP contribution in [0.4, 0.5) is 14.6 Å². The lowest BCUT2D eigenvalue weighted by molar-refractivity contribution is 0.0595. The number of imidazole rings is 1. The highest BCUT2D eigenvalue weighted by molar-refractivity contribution is 5.94. The molecule has 1 aromatic carbocycles. The average Bonchev–Trinajstić information content (AvgIpc) is 3.09. The van der Waals surface area contributed by atoms with Gasteiger partial charge >= 0.3 is 5.97 Å². The molecule has 3 aromatic heterocycles. The predicted molar refractivity (Wildman–Crippen MR) is 102 cm³/mol. The number of aryl methyl sites for hydroxylation is 1. The van der Waals surface area contributed by atoms with E-state index in [0.29, 0.717) is 5.56 Å². The Kier molecular flexibility index (Phi) is 4.42. The number of rotatable bonds is 3. The van der Waals surface area contributed by atoms with Crippen LogP contribution in [0.3, 0.4) is 0 Å². The van der Waals surface area contributed by atoms with Crippen molar-refractivity contribution >= 4 is 17.4 Å². The Labute approximate surface area is 163 Å². The lowest BCUT2D eigenvalue weighted by atomic mass is 10.0. The van der Waals surface area contributed by atoms with Gasteiger partial charge in [-0.15, -0.1) is 0 Å². The summed E-state index contributed by atoms with van der Waals surface area (Å²) in [5, 5.41) is 0. The molecule has 0 saturated heterocycles. The molecule has 0 radical (unpaired) electrons. The topological polar surface area (TPSA) is 95.4 Å². The number of benzene rings is 1. The Bertz CT molecular complexity index is 1270. The molecule has 0 aliphatic carbocycles. The van der Waals surface area contributed by atoms with E-state index in [1.807, 2.05) is 11.3 Å². The van der Waals surface area contributed by atoms with E-state index in [2.05, 4.69) is 15.0 Å². The summed E-state index contributed by atoms with van der Waals surface area (Å²) in [5.41, 5.74) is 8.63. The maximum Gasteiger partial charge on any atom is 0.360 e. The predicted octanol–water partition coefficient (Wildman–Crippen LogP) is 3.41. The summed E-state index contributed by atoms with van der Waals surface area (Å²) in [6.45, 7) is 1.88. The van der Waals surface area contributed by atoms with Crippen molar-refractivity contribution in [2.75, 3.05) is 12.8 Å². The number of carbonyl (C=O) groups is 1. The molecule has 4 rings (SSSR count). The molecule has 0 atom stereocenters. The van der Waals surface area contributed by atoms with Gasteiger partial charge in [0.1, 0.15) is 5.65 Å². The Morgan fingerprint density at radius 2 is 1.79 bits per heavy atom. The molecule has 0 saturated carbocycles. The zero-order valence-corrected chi connectivity index (χ0v) is 15.5. The molecule has 0 spiro atoms. The summed E-state index contributed by atoms with van der Waals surface area (Å²) in [6.07, 6.45) is 3.48. The quantitative estimate of drug-likeness (QED) is 0.534. The van der Waals surface area contributed by atoms with Crippen molar-refractivity contribution in [1.29, 1.82) is 0 Å². The highest BCUT2D eigenvalue weighted by atomic mass is 19.2. The summed E-state index contributed by atoms with van der Waals surface area (Å²) in [4.78, 5) is 24.9. The standard InChI is InChI=1S/C20H15F2N5O2/c1-10-8-24-15-6-4-12(9-27(10)15)17-16(11-3-5-13(21)14(22)7-11)26-19(23)18(25-17)20(28)29-2/h3-9H,1-2H3,(H2,23,26). The van der Waals surface area contributed by atoms with Gasteiger partial charge in [-0.3, -0.25) is 0 Å². The van der Waals surface area contributed by atoms with Gasteiger partial charge in [0.2, 0.25) is 0 Å². The zero-order valence-electron chi connectivity index (χ0n) is 15.5. The van der Waals surface area contributed by atoms with Crippen LogP contribution in [0.5, 0.6) is 0 Å². The molecule has 0 bridgehead atoms. The van der Waals surface area contributed by atoms with Crippen molar-refractivity contribution < 1.29 is 18.3 Å². The molecule has 146 valence electrons. The smallest absolute Gasteiger partial charge is 0.360 e. The third-order valence-electron chi connectivity index (χ3n) is 4.46. The van der Waals surface area contributed by atoms with Crippen LogP contribution in [-0.2, 0) is 4.74 Å². The second-order valence-corrected chi connectivity index (χ2v) is 6.32. The molecule has 4 aromatic rings. The number of carbonyl (C=O) groups excluding carboxylic acids is 1. The van der Waals surface area contributed by atoms with Crippen molar-refractivity contribution in [1.82, 2.24) is 19.4 Å². The number of hydrogen-bond acceptors (Lipinski definition) is 6. The Balaban J connectivity index is 2.01. The SMILES string of the molecule is COC(=O)c1nc(-c2ccc3ncc(C)n3c2)c(-c2ccc(F)c(F)c2)nc1N. The van der Waals surface area contributed by atoms with Gasteiger partial charge in [0.15, 0.2) is 23.1 Å². The van der Waals surface area contributed by atoms with Crippen LogP contribution in [0.25, 0.3) is 28.2 Å². The number of fused-ring (bicyclic) bond motifs is 1. The second-order valence-electron chi connectivity index (χ2n) is 6.32. The van der Waals surface area contributed by atoms with Crippen LogP contribution in [0.15, 0.2) is 42.7 Å². The number of aromatic nitrogens is 4. The minimum absolute atomic E-state index is 0.170. The van der Waals surface area contributed by atoms with Crippen LogP contribution in [-0.4, -0.2) is 32.4 Å². The lowest BCUT2D eigenvalue weighted by Gasteiger charge is -2.13. The molecule has 29 heavy (non-hydrogen) atoms. The average molecular weight is 395 g/mol. The van der Waals surface area contributed by atoms with Crippen LogP contribution in [0, 0.1) is 18.6 Å². The number of pyridine rings is 1. The zero-order chi connectivity index (χ0) is 20.7. The van der Waals surface area contributed by atoms with E-state index >= 15 is 0 Å². The van der Waals surface area contributed by atoms with E-state index in [-0.39, 0.29) is 28.5 Å². The summed E-state index contributed by atoms with van der Waals surface area (Å²) >= 11 is 0. The van der Waals surface area contributed by atoms with E-state index in [1.165, 1.54) is 13.2 Å². The van der Waals surface area contributed by atoms with Crippen LogP contribution >= 0.6 is 0 Å². The summed E-state index contributed by atoms with van der Waals surface area (Å²) in [7, 11) is 1.20. The molecule has 0 aliphatic heterocycles. The van der Waals surface area contributed by atoms with Crippen LogP contribution in [0.1, 0.15) is 16.2 Å². The van der Waals surface area contributed by atoms with E-state index in [9.17, 15) is 13.6 Å². The molecule has 0 amide bonds. The molecule has 0 unspecified atom stereocenters. The van der Waals surface area contributed by atoms with Gasteiger partial charge in [-0.05, 0) is 37.3 Å². The molecule has 2 N–H and O–H groups in total. The third kappa shape index (κ3) is 3.16. The van der Waals surface area contributed by atoms with Crippen molar-refractivity contribution in [3.8, 4) is 22.5 Å². The maximum absolute atomic E-state index is 13.8. The largest absolute Gasteiger partial charge is 0.464 e. The summed E-state index contributed by atoms with van der Waals surface area (Å²) in [6, 6.07) is 6.87. The normalized spacial score (nSPS) is 11.0. The first kappa shape index (κ1) is 18.5. The molecular formula is C20H15F2N5O2. The van der Waals surface area contributed by atoms with E-state index in [1.54, 1.807) is 24.5 Å². The van der Waals surface area contributed by atoms with E-state index in [0.717, 1.165) is 23.5 Å². The Hall–Kier alpha value is -3.88. The molecule has 0 fully saturated rings. The number of methoxy groups -OCH3 is 1. The first-order valence-electron chi connectivity index (χ1n) is 8.54. The van der Waals surface area contributed by atoms with Crippen LogP contribution in [0.2, 0.25) is 0 Å². The number of ether oxygens (including phenoxy) is 1. The number of anilines is 1. The van der Waals surface area contributed by atoms with Gasteiger partial charge in [-0.2, -0.15) is 0 Å². The van der Waals surface area contributed by atoms with Gasteiger partial charge in [0.05, 0.1) is 18.5 Å². The first-order valence-corrected chi connectivity index (χ1v) is 8.54. The third-order valence-corrected chi connectivity index (χ3v) is 4.46. The van der Waals surface area contributed by atoms with Crippen molar-refractivity contribution in [2.45, 2.75) is 6.92 Å². The first-order chi connectivity index (χ1) is 13.9. The number of nitrogens with zero attached hydrogens (tertiary/aromatic N) is 4. The number of hydrogen-bond donors (Lipinski definition) is 1. The Morgan fingerprint density at radius 1 is 1.07 bits per heavy atom. The molecule has 3 heterocycles. The molecular weight excluding hydrogens is 380 g/mol. The fourth-order valence-electron chi connectivity index (χ4n) is 2.98. The van der Waals surface area contributed by atoms with E-state index < -0.39 is 17.6 Å². The minimum atomic E-state index is -1.04. The number of halogens is 2. The van der Waals surface area contributed by atoms with Gasteiger partial charge in [0.25, 0.3) is 0 Å². The summed E-state index contributed by atoms with van der Waals surface area (Å²) < 4.78 is 33.8. The minimum Gasteiger partial charge on any atom is -0.464 e. The van der Waals surface area contributed by atoms with E-state index in [4.69, 9.17) is 10.5 Å². The molecule has 7 nitrogen and oxygen atoms in total. The number of nitrogen functional groups attached to an aromatic ring is 1. The maximum atomic E-state index is 13.8.